The van der Waals surface area contributed by atoms with Crippen LogP contribution >= 0.6 is 11.8 Å². The summed E-state index contributed by atoms with van der Waals surface area (Å²) in [5.41, 5.74) is 1.47. The Labute approximate surface area is 115 Å². The lowest BCUT2D eigenvalue weighted by atomic mass is 10.2. The van der Waals surface area contributed by atoms with Gasteiger partial charge in [0.2, 0.25) is 0 Å². The molecule has 5 nitrogen and oxygen atoms in total. The Balaban J connectivity index is 2.40. The van der Waals surface area contributed by atoms with E-state index in [1.807, 2.05) is 18.2 Å². The van der Waals surface area contributed by atoms with Gasteiger partial charge in [-0.1, -0.05) is 17.8 Å². The highest BCUT2D eigenvalue weighted by molar-refractivity contribution is 8.01. The third kappa shape index (κ3) is 3.08. The van der Waals surface area contributed by atoms with Crippen molar-refractivity contribution >= 4 is 17.7 Å². The van der Waals surface area contributed by atoms with Crippen LogP contribution in [0.1, 0.15) is 13.8 Å². The summed E-state index contributed by atoms with van der Waals surface area (Å²) in [4.78, 5) is 23.6. The van der Waals surface area contributed by atoms with E-state index in [1.165, 1.54) is 18.1 Å². The lowest BCUT2D eigenvalue weighted by molar-refractivity contribution is -0.138. The SMILES string of the molecule is CC(C)(Sc1ncncc1-c1ccccn1)C(=O)O. The number of hydrogen-bond donors (Lipinski definition) is 1. The summed E-state index contributed by atoms with van der Waals surface area (Å²) >= 11 is 1.18. The Morgan fingerprint density at radius 2 is 2.11 bits per heavy atom. The van der Waals surface area contributed by atoms with Gasteiger partial charge < -0.3 is 5.11 Å². The fourth-order valence-corrected chi connectivity index (χ4v) is 2.32. The molecule has 0 amide bonds. The number of pyridine rings is 1. The second-order valence-corrected chi connectivity index (χ2v) is 5.99. The number of aromatic nitrogens is 3. The lowest BCUT2D eigenvalue weighted by Gasteiger charge is -2.18. The van der Waals surface area contributed by atoms with Crippen LogP contribution in [0.5, 0.6) is 0 Å². The number of carboxylic acids is 1. The molecule has 0 radical (unpaired) electrons. The minimum atomic E-state index is -0.960. The van der Waals surface area contributed by atoms with Crippen molar-refractivity contribution in [2.75, 3.05) is 0 Å². The Morgan fingerprint density at radius 1 is 1.32 bits per heavy atom. The number of hydrogen-bond acceptors (Lipinski definition) is 5. The minimum absolute atomic E-state index is 0.612. The first kappa shape index (κ1) is 13.5. The Morgan fingerprint density at radius 3 is 2.74 bits per heavy atom. The molecule has 0 saturated heterocycles. The molecule has 0 aliphatic rings. The van der Waals surface area contributed by atoms with Crippen molar-refractivity contribution in [1.29, 1.82) is 0 Å². The minimum Gasteiger partial charge on any atom is -0.480 e. The number of nitrogens with zero attached hydrogens (tertiary/aromatic N) is 3. The summed E-state index contributed by atoms with van der Waals surface area (Å²) in [6.07, 6.45) is 4.74. The van der Waals surface area contributed by atoms with Crippen LogP contribution in [0.25, 0.3) is 11.3 Å². The van der Waals surface area contributed by atoms with E-state index in [2.05, 4.69) is 15.0 Å². The monoisotopic (exact) mass is 275 g/mol. The van der Waals surface area contributed by atoms with Crippen molar-refractivity contribution in [3.63, 3.8) is 0 Å². The van der Waals surface area contributed by atoms with Crippen LogP contribution in [-0.4, -0.2) is 30.8 Å². The van der Waals surface area contributed by atoms with Gasteiger partial charge in [-0.15, -0.1) is 0 Å². The van der Waals surface area contributed by atoms with Crippen LogP contribution in [0.2, 0.25) is 0 Å². The second kappa shape index (κ2) is 5.36. The predicted octanol–water partition coefficient (Wildman–Crippen LogP) is 2.49. The van der Waals surface area contributed by atoms with Crippen LogP contribution in [0.3, 0.4) is 0 Å². The van der Waals surface area contributed by atoms with Crippen molar-refractivity contribution in [3.05, 3.63) is 36.9 Å². The van der Waals surface area contributed by atoms with Crippen molar-refractivity contribution in [3.8, 4) is 11.3 Å². The summed E-state index contributed by atoms with van der Waals surface area (Å²) in [5, 5.41) is 9.80. The molecule has 0 fully saturated rings. The van der Waals surface area contributed by atoms with Crippen LogP contribution in [0, 0.1) is 0 Å². The number of aliphatic carboxylic acids is 1. The Kier molecular flexibility index (Phi) is 3.80. The summed E-state index contributed by atoms with van der Waals surface area (Å²) < 4.78 is -0.960. The highest BCUT2D eigenvalue weighted by atomic mass is 32.2. The van der Waals surface area contributed by atoms with Gasteiger partial charge in [0.1, 0.15) is 16.1 Å². The predicted molar refractivity (Wildman–Crippen MR) is 72.8 cm³/mol. The number of carbonyl (C=O) groups is 1. The van der Waals surface area contributed by atoms with E-state index in [-0.39, 0.29) is 0 Å². The maximum atomic E-state index is 11.2. The van der Waals surface area contributed by atoms with Crippen molar-refractivity contribution < 1.29 is 9.90 Å². The zero-order valence-corrected chi connectivity index (χ0v) is 11.4. The average molecular weight is 275 g/mol. The molecule has 0 aromatic carbocycles. The van der Waals surface area contributed by atoms with Gasteiger partial charge in [0.25, 0.3) is 0 Å². The molecule has 0 spiro atoms. The van der Waals surface area contributed by atoms with Gasteiger partial charge in [-0.2, -0.15) is 0 Å². The molecule has 6 heteroatoms. The molecule has 2 aromatic rings. The largest absolute Gasteiger partial charge is 0.480 e. The van der Waals surface area contributed by atoms with E-state index in [1.54, 1.807) is 26.2 Å². The quantitative estimate of drug-likeness (QED) is 0.682. The van der Waals surface area contributed by atoms with Crippen molar-refractivity contribution in [2.24, 2.45) is 0 Å². The van der Waals surface area contributed by atoms with Crippen LogP contribution in [0.4, 0.5) is 0 Å². The third-order valence-electron chi connectivity index (χ3n) is 2.48. The second-order valence-electron chi connectivity index (χ2n) is 4.37. The van der Waals surface area contributed by atoms with E-state index in [4.69, 9.17) is 0 Å². The normalized spacial score (nSPS) is 11.3. The van der Waals surface area contributed by atoms with Crippen molar-refractivity contribution in [2.45, 2.75) is 23.6 Å². The topological polar surface area (TPSA) is 76.0 Å². The molecule has 0 bridgehead atoms. The molecule has 0 unspecified atom stereocenters. The van der Waals surface area contributed by atoms with E-state index in [0.717, 1.165) is 11.3 Å². The molecule has 19 heavy (non-hydrogen) atoms. The van der Waals surface area contributed by atoms with Gasteiger partial charge >= 0.3 is 5.97 Å². The third-order valence-corrected chi connectivity index (χ3v) is 3.69. The smallest absolute Gasteiger partial charge is 0.319 e. The first-order valence-corrected chi connectivity index (χ1v) is 6.46. The number of rotatable bonds is 4. The summed E-state index contributed by atoms with van der Waals surface area (Å²) in [5.74, 6) is -0.886. The molecule has 0 aliphatic carbocycles. The average Bonchev–Trinajstić information content (AvgIpc) is 2.40. The number of carboxylic acid groups (broad SMARTS) is 1. The van der Waals surface area contributed by atoms with Crippen LogP contribution in [0.15, 0.2) is 41.9 Å². The van der Waals surface area contributed by atoms with Gasteiger partial charge in [-0.25, -0.2) is 9.97 Å². The Bertz CT molecular complexity index is 587. The van der Waals surface area contributed by atoms with Crippen LogP contribution in [-0.2, 0) is 4.79 Å². The highest BCUT2D eigenvalue weighted by Crippen LogP contribution is 2.36. The highest BCUT2D eigenvalue weighted by Gasteiger charge is 2.30. The van der Waals surface area contributed by atoms with Crippen molar-refractivity contribution in [1.82, 2.24) is 15.0 Å². The Hall–Kier alpha value is -1.95. The molecule has 0 atom stereocenters. The summed E-state index contributed by atoms with van der Waals surface area (Å²) in [6, 6.07) is 5.53. The standard InChI is InChI=1S/C13H13N3O2S/c1-13(2,12(17)18)19-11-9(7-14-8-16-11)10-5-3-4-6-15-10/h3-8H,1-2H3,(H,17,18). The maximum absolute atomic E-state index is 11.2. The van der Waals surface area contributed by atoms with E-state index in [0.29, 0.717) is 5.03 Å². The molecule has 0 aliphatic heterocycles. The molecular formula is C13H13N3O2S. The fourth-order valence-electron chi connectivity index (χ4n) is 1.38. The molecule has 2 aromatic heterocycles. The molecule has 1 N–H and O–H groups in total. The molecule has 2 heterocycles. The molecular weight excluding hydrogens is 262 g/mol. The fraction of sp³-hybridized carbons (Fsp3) is 0.231. The lowest BCUT2D eigenvalue weighted by Crippen LogP contribution is -2.27. The van der Waals surface area contributed by atoms with E-state index in [9.17, 15) is 9.90 Å². The van der Waals surface area contributed by atoms with Gasteiger partial charge in [0, 0.05) is 12.4 Å². The molecule has 98 valence electrons. The van der Waals surface area contributed by atoms with Gasteiger partial charge in [-0.3, -0.25) is 9.78 Å². The maximum Gasteiger partial charge on any atom is 0.319 e. The molecule has 0 saturated carbocycles. The molecule has 2 rings (SSSR count). The summed E-state index contributed by atoms with van der Waals surface area (Å²) in [7, 11) is 0. The number of thioether (sulfide) groups is 1. The van der Waals surface area contributed by atoms with E-state index >= 15 is 0 Å². The zero-order valence-electron chi connectivity index (χ0n) is 10.6. The van der Waals surface area contributed by atoms with Gasteiger partial charge in [0.05, 0.1) is 11.3 Å². The van der Waals surface area contributed by atoms with E-state index < -0.39 is 10.7 Å². The summed E-state index contributed by atoms with van der Waals surface area (Å²) in [6.45, 7) is 3.29. The van der Waals surface area contributed by atoms with Gasteiger partial charge in [-0.05, 0) is 26.0 Å². The van der Waals surface area contributed by atoms with Gasteiger partial charge in [0.15, 0.2) is 0 Å². The van der Waals surface area contributed by atoms with Crippen LogP contribution < -0.4 is 0 Å². The first-order valence-electron chi connectivity index (χ1n) is 5.64. The zero-order chi connectivity index (χ0) is 13.9. The first-order chi connectivity index (χ1) is 9.00.